The van der Waals surface area contributed by atoms with Crippen LogP contribution >= 0.6 is 0 Å². The number of piperidine rings is 1. The van der Waals surface area contributed by atoms with Crippen LogP contribution in [0.3, 0.4) is 0 Å². The molecule has 1 N–H and O–H groups in total. The van der Waals surface area contributed by atoms with Crippen molar-refractivity contribution in [1.29, 1.82) is 0 Å². The Morgan fingerprint density at radius 2 is 1.75 bits per heavy atom. The second-order valence-corrected chi connectivity index (χ2v) is 7.02. The minimum absolute atomic E-state index is 0.0446. The number of rotatable bonds is 6. The van der Waals surface area contributed by atoms with Crippen LogP contribution in [0.15, 0.2) is 24.3 Å². The lowest BCUT2D eigenvalue weighted by atomic mass is 9.89. The van der Waals surface area contributed by atoms with Gasteiger partial charge in [0.1, 0.15) is 5.75 Å². The van der Waals surface area contributed by atoms with E-state index in [2.05, 4.69) is 13.8 Å². The molecule has 1 aromatic carbocycles. The molecule has 1 fully saturated rings. The summed E-state index contributed by atoms with van der Waals surface area (Å²) in [6.07, 6.45) is 1.33. The molecule has 0 saturated carbocycles. The average molecular weight is 333 g/mol. The third-order valence-electron chi connectivity index (χ3n) is 4.65. The summed E-state index contributed by atoms with van der Waals surface area (Å²) >= 11 is 0. The Balaban J connectivity index is 2.09. The summed E-state index contributed by atoms with van der Waals surface area (Å²) in [5.74, 6) is 0.568. The Labute approximate surface area is 143 Å². The lowest BCUT2D eigenvalue weighted by Crippen LogP contribution is -2.43. The summed E-state index contributed by atoms with van der Waals surface area (Å²) in [4.78, 5) is 25.8. The van der Waals surface area contributed by atoms with E-state index in [1.54, 1.807) is 19.2 Å². The zero-order valence-electron chi connectivity index (χ0n) is 14.7. The van der Waals surface area contributed by atoms with Crippen molar-refractivity contribution >= 4 is 11.9 Å². The van der Waals surface area contributed by atoms with Gasteiger partial charge in [0.15, 0.2) is 0 Å². The highest BCUT2D eigenvalue weighted by molar-refractivity contribution is 5.78. The third-order valence-corrected chi connectivity index (χ3v) is 4.65. The monoisotopic (exact) mass is 333 g/mol. The number of carbonyl (C=O) groups is 2. The number of hydrogen-bond donors (Lipinski definition) is 1. The molecule has 24 heavy (non-hydrogen) atoms. The number of carboxylic acid groups (broad SMARTS) is 1. The number of ether oxygens (including phenoxy) is 1. The molecule has 132 valence electrons. The van der Waals surface area contributed by atoms with Crippen molar-refractivity contribution in [3.63, 3.8) is 0 Å². The first-order chi connectivity index (χ1) is 11.4. The first-order valence-electron chi connectivity index (χ1n) is 8.52. The van der Waals surface area contributed by atoms with E-state index >= 15 is 0 Å². The van der Waals surface area contributed by atoms with E-state index in [-0.39, 0.29) is 24.7 Å². The number of aliphatic carboxylic acids is 1. The number of methoxy groups -OCH3 is 1. The Bertz CT molecular complexity index is 559. The number of likely N-dealkylation sites (tertiary alicyclic amines) is 1. The van der Waals surface area contributed by atoms with E-state index in [1.807, 2.05) is 17.0 Å². The normalized spacial score (nSPS) is 22.0. The number of nitrogens with zero attached hydrogens (tertiary/aromatic N) is 1. The second-order valence-electron chi connectivity index (χ2n) is 7.02. The van der Waals surface area contributed by atoms with Crippen molar-refractivity contribution in [3.8, 4) is 5.75 Å². The molecular weight excluding hydrogens is 306 g/mol. The number of amides is 1. The van der Waals surface area contributed by atoms with Gasteiger partial charge in [-0.2, -0.15) is 0 Å². The summed E-state index contributed by atoms with van der Waals surface area (Å²) in [6.45, 7) is 5.86. The maximum Gasteiger partial charge on any atom is 0.303 e. The maximum absolute atomic E-state index is 12.7. The van der Waals surface area contributed by atoms with Crippen molar-refractivity contribution in [2.45, 2.75) is 39.0 Å². The summed E-state index contributed by atoms with van der Waals surface area (Å²) in [7, 11) is 1.59. The average Bonchev–Trinajstić information content (AvgIpc) is 2.53. The van der Waals surface area contributed by atoms with Crippen LogP contribution in [0.4, 0.5) is 0 Å². The van der Waals surface area contributed by atoms with Crippen molar-refractivity contribution in [3.05, 3.63) is 29.8 Å². The van der Waals surface area contributed by atoms with Crippen LogP contribution in [0.5, 0.6) is 5.75 Å². The SMILES string of the molecule is COc1ccc([C@H](CC(=O)O)CC(=O)N2C[C@H](C)C[C@H](C)C2)cc1. The van der Waals surface area contributed by atoms with Crippen LogP contribution < -0.4 is 4.74 Å². The van der Waals surface area contributed by atoms with Gasteiger partial charge in [0, 0.05) is 25.4 Å². The van der Waals surface area contributed by atoms with Gasteiger partial charge in [0.05, 0.1) is 13.5 Å². The van der Waals surface area contributed by atoms with Gasteiger partial charge in [-0.05, 0) is 36.0 Å². The minimum atomic E-state index is -0.885. The van der Waals surface area contributed by atoms with Crippen molar-refractivity contribution in [1.82, 2.24) is 4.90 Å². The molecule has 1 aliphatic rings. The predicted molar refractivity (Wildman–Crippen MR) is 92.1 cm³/mol. The predicted octanol–water partition coefficient (Wildman–Crippen LogP) is 3.15. The largest absolute Gasteiger partial charge is 0.497 e. The molecule has 1 aromatic rings. The van der Waals surface area contributed by atoms with E-state index < -0.39 is 5.97 Å². The van der Waals surface area contributed by atoms with Gasteiger partial charge in [-0.1, -0.05) is 26.0 Å². The molecule has 3 atom stereocenters. The summed E-state index contributed by atoms with van der Waals surface area (Å²) in [5, 5.41) is 9.20. The van der Waals surface area contributed by atoms with Crippen molar-refractivity contribution in [2.75, 3.05) is 20.2 Å². The van der Waals surface area contributed by atoms with Gasteiger partial charge in [0.2, 0.25) is 5.91 Å². The number of carbonyl (C=O) groups excluding carboxylic acids is 1. The standard InChI is InChI=1S/C19H27NO4/c1-13-8-14(2)12-20(11-13)18(21)9-16(10-19(22)23)15-4-6-17(24-3)7-5-15/h4-7,13-14,16H,8-12H2,1-3H3,(H,22,23)/t13-,14+,16-/m0/s1. The first kappa shape index (κ1) is 18.3. The van der Waals surface area contributed by atoms with Gasteiger partial charge >= 0.3 is 5.97 Å². The van der Waals surface area contributed by atoms with Crippen molar-refractivity contribution in [2.24, 2.45) is 11.8 Å². The summed E-state index contributed by atoms with van der Waals surface area (Å²) in [6, 6.07) is 7.31. The van der Waals surface area contributed by atoms with Crippen LogP contribution in [0.1, 0.15) is 44.6 Å². The highest BCUT2D eigenvalue weighted by atomic mass is 16.5. The highest BCUT2D eigenvalue weighted by Crippen LogP contribution is 2.28. The molecule has 0 aromatic heterocycles. The molecular formula is C19H27NO4. The highest BCUT2D eigenvalue weighted by Gasteiger charge is 2.28. The summed E-state index contributed by atoms with van der Waals surface area (Å²) in [5.41, 5.74) is 0.865. The first-order valence-corrected chi connectivity index (χ1v) is 8.52. The Morgan fingerprint density at radius 3 is 2.25 bits per heavy atom. The number of carboxylic acids is 1. The molecule has 0 spiro atoms. The molecule has 0 bridgehead atoms. The molecule has 5 heteroatoms. The molecule has 0 radical (unpaired) electrons. The Hall–Kier alpha value is -2.04. The summed E-state index contributed by atoms with van der Waals surface area (Å²) < 4.78 is 5.14. The van der Waals surface area contributed by atoms with Crippen LogP contribution in [0.25, 0.3) is 0 Å². The van der Waals surface area contributed by atoms with E-state index in [0.717, 1.165) is 30.8 Å². The molecule has 1 heterocycles. The van der Waals surface area contributed by atoms with Gasteiger partial charge in [0.25, 0.3) is 0 Å². The molecule has 1 amide bonds. The Kier molecular flexibility index (Phi) is 6.23. The fourth-order valence-electron chi connectivity index (χ4n) is 3.60. The zero-order valence-corrected chi connectivity index (χ0v) is 14.7. The molecule has 1 saturated heterocycles. The van der Waals surface area contributed by atoms with Crippen LogP contribution in [-0.4, -0.2) is 42.1 Å². The van der Waals surface area contributed by atoms with Crippen LogP contribution in [0, 0.1) is 11.8 Å². The maximum atomic E-state index is 12.7. The molecule has 5 nitrogen and oxygen atoms in total. The zero-order chi connectivity index (χ0) is 17.7. The molecule has 0 aliphatic carbocycles. The second kappa shape index (κ2) is 8.18. The lowest BCUT2D eigenvalue weighted by Gasteiger charge is -2.35. The minimum Gasteiger partial charge on any atom is -0.497 e. The molecule has 2 rings (SSSR count). The van der Waals surface area contributed by atoms with Crippen molar-refractivity contribution < 1.29 is 19.4 Å². The van der Waals surface area contributed by atoms with Gasteiger partial charge in [-0.15, -0.1) is 0 Å². The van der Waals surface area contributed by atoms with Gasteiger partial charge in [-0.3, -0.25) is 9.59 Å². The fourth-order valence-corrected chi connectivity index (χ4v) is 3.60. The molecule has 0 unspecified atom stereocenters. The van der Waals surface area contributed by atoms with E-state index in [4.69, 9.17) is 4.74 Å². The van der Waals surface area contributed by atoms with E-state index in [1.165, 1.54) is 0 Å². The van der Waals surface area contributed by atoms with Gasteiger partial charge in [-0.25, -0.2) is 0 Å². The number of benzene rings is 1. The van der Waals surface area contributed by atoms with Crippen LogP contribution in [-0.2, 0) is 9.59 Å². The number of hydrogen-bond acceptors (Lipinski definition) is 3. The lowest BCUT2D eigenvalue weighted by molar-refractivity contribution is -0.138. The fraction of sp³-hybridized carbons (Fsp3) is 0.579. The molecule has 1 aliphatic heterocycles. The Morgan fingerprint density at radius 1 is 1.17 bits per heavy atom. The van der Waals surface area contributed by atoms with Crippen LogP contribution in [0.2, 0.25) is 0 Å². The third kappa shape index (κ3) is 4.98. The smallest absolute Gasteiger partial charge is 0.303 e. The van der Waals surface area contributed by atoms with E-state index in [0.29, 0.717) is 11.8 Å². The topological polar surface area (TPSA) is 66.8 Å². The van der Waals surface area contributed by atoms with Gasteiger partial charge < -0.3 is 14.7 Å². The quantitative estimate of drug-likeness (QED) is 0.868. The van der Waals surface area contributed by atoms with E-state index in [9.17, 15) is 14.7 Å².